The van der Waals surface area contributed by atoms with E-state index >= 15 is 0 Å². The van der Waals surface area contributed by atoms with Crippen LogP contribution in [0.15, 0.2) is 30.3 Å². The van der Waals surface area contributed by atoms with E-state index in [0.717, 1.165) is 36.8 Å². The Hall–Kier alpha value is -1.81. The normalized spacial score (nSPS) is 14.3. The van der Waals surface area contributed by atoms with Gasteiger partial charge >= 0.3 is 5.90 Å². The lowest BCUT2D eigenvalue weighted by Gasteiger charge is -2.06. The number of hydrogen-bond acceptors (Lipinski definition) is 3. The van der Waals surface area contributed by atoms with E-state index in [0.29, 0.717) is 13.2 Å². The summed E-state index contributed by atoms with van der Waals surface area (Å²) in [4.78, 5) is 0. The molecule has 0 aliphatic carbocycles. The van der Waals surface area contributed by atoms with Gasteiger partial charge in [-0.2, -0.15) is 4.58 Å². The molecule has 0 fully saturated rings. The fourth-order valence-electron chi connectivity index (χ4n) is 2.86. The average molecular weight is 345 g/mol. The van der Waals surface area contributed by atoms with E-state index in [1.807, 2.05) is 41.0 Å². The fourth-order valence-corrected chi connectivity index (χ4v) is 2.86. The highest BCUT2D eigenvalue weighted by molar-refractivity contribution is 5.88. The standard InChI is InChI=1S/C21H31NO3/c1-2-3-4-5-6-7-17-24-20-11-8-19(9-12-20)10-13-21-22(14-16-23)15-18-25-21/h8-13H,2-7,14-18H2,1H3/b13-10+. The van der Waals surface area contributed by atoms with Crippen LogP contribution in [-0.2, 0) is 4.74 Å². The first-order chi connectivity index (χ1) is 12.3. The summed E-state index contributed by atoms with van der Waals surface area (Å²) >= 11 is 0. The van der Waals surface area contributed by atoms with E-state index in [1.54, 1.807) is 0 Å². The Morgan fingerprint density at radius 1 is 1.08 bits per heavy atom. The minimum Gasteiger partial charge on any atom is -0.850 e. The quantitative estimate of drug-likeness (QED) is 0.431. The topological polar surface area (TPSA) is 44.5 Å². The molecule has 0 amide bonds. The first-order valence-corrected chi connectivity index (χ1v) is 9.57. The zero-order chi connectivity index (χ0) is 17.7. The maximum atomic E-state index is 10.8. The van der Waals surface area contributed by atoms with Gasteiger partial charge in [0.1, 0.15) is 12.3 Å². The summed E-state index contributed by atoms with van der Waals surface area (Å²) in [6.45, 7) is 4.88. The molecule has 25 heavy (non-hydrogen) atoms. The summed E-state index contributed by atoms with van der Waals surface area (Å²) in [6, 6.07) is 8.10. The molecule has 0 unspecified atom stereocenters. The largest absolute Gasteiger partial charge is 0.850 e. The molecule has 4 heteroatoms. The van der Waals surface area contributed by atoms with E-state index in [1.165, 1.54) is 32.1 Å². The zero-order valence-electron chi connectivity index (χ0n) is 15.4. The summed E-state index contributed by atoms with van der Waals surface area (Å²) < 4.78 is 13.3. The Labute approximate surface area is 151 Å². The molecule has 0 aromatic heterocycles. The Morgan fingerprint density at radius 2 is 1.84 bits per heavy atom. The minimum absolute atomic E-state index is 0.106. The molecule has 1 aromatic carbocycles. The van der Waals surface area contributed by atoms with Crippen LogP contribution in [0.3, 0.4) is 0 Å². The van der Waals surface area contributed by atoms with Crippen molar-refractivity contribution in [2.45, 2.75) is 45.4 Å². The number of ether oxygens (including phenoxy) is 2. The van der Waals surface area contributed by atoms with Crippen molar-refractivity contribution in [1.82, 2.24) is 0 Å². The summed E-state index contributed by atoms with van der Waals surface area (Å²) in [5.74, 6) is 1.71. The number of rotatable bonds is 12. The molecule has 0 spiro atoms. The molecule has 0 bridgehead atoms. The number of hydrogen-bond donors (Lipinski definition) is 0. The lowest BCUT2D eigenvalue weighted by Crippen LogP contribution is -2.24. The van der Waals surface area contributed by atoms with Gasteiger partial charge in [-0.1, -0.05) is 57.8 Å². The van der Waals surface area contributed by atoms with E-state index in [9.17, 15) is 5.11 Å². The first kappa shape index (κ1) is 19.5. The molecule has 138 valence electrons. The summed E-state index contributed by atoms with van der Waals surface area (Å²) in [5, 5.41) is 10.8. The smallest absolute Gasteiger partial charge is 0.362 e. The van der Waals surface area contributed by atoms with Gasteiger partial charge < -0.3 is 14.6 Å². The number of nitrogens with zero attached hydrogens (tertiary/aromatic N) is 1. The molecule has 1 aliphatic rings. The van der Waals surface area contributed by atoms with Crippen LogP contribution in [0.4, 0.5) is 0 Å². The second-order valence-corrected chi connectivity index (χ2v) is 6.40. The van der Waals surface area contributed by atoms with Crippen molar-refractivity contribution < 1.29 is 19.2 Å². The highest BCUT2D eigenvalue weighted by Crippen LogP contribution is 2.14. The minimum atomic E-state index is -0.106. The van der Waals surface area contributed by atoms with Crippen LogP contribution in [-0.4, -0.2) is 43.4 Å². The Balaban J connectivity index is 1.72. The highest BCUT2D eigenvalue weighted by Gasteiger charge is 2.19. The summed E-state index contributed by atoms with van der Waals surface area (Å²) in [5.41, 5.74) is 1.09. The van der Waals surface area contributed by atoms with Gasteiger partial charge in [-0.15, -0.1) is 0 Å². The predicted octanol–water partition coefficient (Wildman–Crippen LogP) is 3.24. The van der Waals surface area contributed by atoms with Crippen LogP contribution in [0.2, 0.25) is 0 Å². The zero-order valence-corrected chi connectivity index (χ0v) is 15.4. The fraction of sp³-hybridized carbons (Fsp3) is 0.571. The third-order valence-corrected chi connectivity index (χ3v) is 4.35. The van der Waals surface area contributed by atoms with E-state index in [-0.39, 0.29) is 6.61 Å². The molecule has 0 N–H and O–H groups in total. The van der Waals surface area contributed by atoms with Gasteiger partial charge in [0.2, 0.25) is 0 Å². The van der Waals surface area contributed by atoms with Crippen LogP contribution >= 0.6 is 0 Å². The van der Waals surface area contributed by atoms with Crippen LogP contribution in [0.1, 0.15) is 51.0 Å². The molecule has 0 atom stereocenters. The monoisotopic (exact) mass is 345 g/mol. The third-order valence-electron chi connectivity index (χ3n) is 4.35. The molecular weight excluding hydrogens is 314 g/mol. The van der Waals surface area contributed by atoms with Gasteiger partial charge in [0.05, 0.1) is 12.7 Å². The van der Waals surface area contributed by atoms with Gasteiger partial charge in [0.25, 0.3) is 0 Å². The molecular formula is C21H31NO3. The van der Waals surface area contributed by atoms with Gasteiger partial charge in [-0.05, 0) is 30.2 Å². The maximum Gasteiger partial charge on any atom is 0.362 e. The Bertz CT molecular complexity index is 549. The molecule has 0 radical (unpaired) electrons. The van der Waals surface area contributed by atoms with Crippen molar-refractivity contribution in [2.24, 2.45) is 0 Å². The van der Waals surface area contributed by atoms with Crippen molar-refractivity contribution >= 4 is 12.0 Å². The molecule has 1 heterocycles. The maximum absolute atomic E-state index is 10.8. The van der Waals surface area contributed by atoms with E-state index in [4.69, 9.17) is 9.47 Å². The van der Waals surface area contributed by atoms with Crippen molar-refractivity contribution in [2.75, 3.05) is 32.9 Å². The lowest BCUT2D eigenvalue weighted by molar-refractivity contribution is -0.549. The molecule has 4 nitrogen and oxygen atoms in total. The summed E-state index contributed by atoms with van der Waals surface area (Å²) in [6.07, 6.45) is 11.6. The molecule has 1 aliphatic heterocycles. The van der Waals surface area contributed by atoms with Crippen molar-refractivity contribution in [3.63, 3.8) is 0 Å². The molecule has 1 aromatic rings. The highest BCUT2D eigenvalue weighted by atomic mass is 16.5. The lowest BCUT2D eigenvalue weighted by atomic mass is 10.1. The van der Waals surface area contributed by atoms with Gasteiger partial charge in [0.15, 0.2) is 13.2 Å². The van der Waals surface area contributed by atoms with Crippen LogP contribution in [0.5, 0.6) is 5.75 Å². The predicted molar refractivity (Wildman–Crippen MR) is 100 cm³/mol. The average Bonchev–Trinajstić information content (AvgIpc) is 3.08. The van der Waals surface area contributed by atoms with Crippen LogP contribution < -0.4 is 9.84 Å². The molecule has 0 saturated carbocycles. The molecule has 0 saturated heterocycles. The Kier molecular flexibility index (Phi) is 9.13. The molecule has 2 rings (SSSR count). The van der Waals surface area contributed by atoms with Gasteiger partial charge in [-0.25, -0.2) is 0 Å². The van der Waals surface area contributed by atoms with Crippen molar-refractivity contribution in [3.05, 3.63) is 35.9 Å². The van der Waals surface area contributed by atoms with Crippen LogP contribution in [0.25, 0.3) is 6.08 Å². The summed E-state index contributed by atoms with van der Waals surface area (Å²) in [7, 11) is 0. The second kappa shape index (κ2) is 11.7. The third kappa shape index (κ3) is 7.30. The second-order valence-electron chi connectivity index (χ2n) is 6.40. The van der Waals surface area contributed by atoms with Crippen molar-refractivity contribution in [3.8, 4) is 5.75 Å². The van der Waals surface area contributed by atoms with Crippen LogP contribution in [0, 0.1) is 0 Å². The SMILES string of the molecule is CCCCCCCCOc1ccc(/C=C/C2=[N+](CC[O-])CCO2)cc1. The Morgan fingerprint density at radius 3 is 2.60 bits per heavy atom. The van der Waals surface area contributed by atoms with Gasteiger partial charge in [-0.3, -0.25) is 0 Å². The number of unbranched alkanes of at least 4 members (excludes halogenated alkanes) is 5. The van der Waals surface area contributed by atoms with Crippen molar-refractivity contribution in [1.29, 1.82) is 0 Å². The van der Waals surface area contributed by atoms with E-state index < -0.39 is 0 Å². The number of benzene rings is 1. The van der Waals surface area contributed by atoms with E-state index in [2.05, 4.69) is 6.92 Å². The first-order valence-electron chi connectivity index (χ1n) is 9.57. The van der Waals surface area contributed by atoms with Gasteiger partial charge in [0, 0.05) is 0 Å².